The third-order valence-electron chi connectivity index (χ3n) is 5.09. The van der Waals surface area contributed by atoms with E-state index in [1.54, 1.807) is 6.20 Å². The Morgan fingerprint density at radius 1 is 1.28 bits per heavy atom. The normalized spacial score (nSPS) is 21.8. The van der Waals surface area contributed by atoms with Crippen molar-refractivity contribution in [2.24, 2.45) is 4.99 Å². The predicted octanol–water partition coefficient (Wildman–Crippen LogP) is -0.137. The quantitative estimate of drug-likeness (QED) is 0.485. The molecular formula is C19H30N6O3S. The average Bonchev–Trinajstić information content (AvgIpc) is 3.06. The summed E-state index contributed by atoms with van der Waals surface area (Å²) >= 11 is 0. The SMILES string of the molecule is CCNC(=NCCC(=O)NC1CCS(=O)(=O)C1)N1CCN(c2ccccn2)CC1. The van der Waals surface area contributed by atoms with Crippen molar-refractivity contribution in [1.29, 1.82) is 0 Å². The number of aliphatic imine (C=N–C) groups is 1. The van der Waals surface area contributed by atoms with Crippen molar-refractivity contribution in [3.8, 4) is 0 Å². The van der Waals surface area contributed by atoms with Crippen LogP contribution in [0.25, 0.3) is 0 Å². The van der Waals surface area contributed by atoms with Crippen LogP contribution >= 0.6 is 0 Å². The number of aromatic nitrogens is 1. The smallest absolute Gasteiger partial charge is 0.222 e. The monoisotopic (exact) mass is 422 g/mol. The van der Waals surface area contributed by atoms with Gasteiger partial charge in [0.15, 0.2) is 15.8 Å². The summed E-state index contributed by atoms with van der Waals surface area (Å²) in [5.41, 5.74) is 0. The zero-order chi connectivity index (χ0) is 20.7. The van der Waals surface area contributed by atoms with Crippen LogP contribution in [0.2, 0.25) is 0 Å². The van der Waals surface area contributed by atoms with Crippen LogP contribution in [0.4, 0.5) is 5.82 Å². The minimum atomic E-state index is -2.99. The van der Waals surface area contributed by atoms with E-state index in [1.807, 2.05) is 25.1 Å². The number of anilines is 1. The molecule has 0 radical (unpaired) electrons. The molecule has 160 valence electrons. The lowest BCUT2D eigenvalue weighted by Gasteiger charge is -2.37. The maximum absolute atomic E-state index is 12.1. The molecule has 3 rings (SSSR count). The van der Waals surface area contributed by atoms with Crippen LogP contribution in [-0.4, -0.2) is 87.0 Å². The second-order valence-corrected chi connectivity index (χ2v) is 9.54. The van der Waals surface area contributed by atoms with Gasteiger partial charge in [-0.1, -0.05) is 6.07 Å². The van der Waals surface area contributed by atoms with Crippen molar-refractivity contribution in [2.45, 2.75) is 25.8 Å². The molecule has 2 fully saturated rings. The Hall–Kier alpha value is -2.36. The van der Waals surface area contributed by atoms with E-state index >= 15 is 0 Å². The van der Waals surface area contributed by atoms with Gasteiger partial charge in [0, 0.05) is 51.4 Å². The minimum absolute atomic E-state index is 0.0468. The van der Waals surface area contributed by atoms with Crippen molar-refractivity contribution in [3.63, 3.8) is 0 Å². The van der Waals surface area contributed by atoms with Crippen molar-refractivity contribution < 1.29 is 13.2 Å². The van der Waals surface area contributed by atoms with Gasteiger partial charge in [-0.3, -0.25) is 9.79 Å². The highest BCUT2D eigenvalue weighted by molar-refractivity contribution is 7.91. The van der Waals surface area contributed by atoms with Crippen LogP contribution < -0.4 is 15.5 Å². The molecule has 2 aliphatic heterocycles. The Morgan fingerprint density at radius 2 is 2.07 bits per heavy atom. The molecule has 1 amide bonds. The molecule has 1 aromatic rings. The van der Waals surface area contributed by atoms with Gasteiger partial charge >= 0.3 is 0 Å². The molecule has 10 heteroatoms. The average molecular weight is 423 g/mol. The zero-order valence-electron chi connectivity index (χ0n) is 16.9. The number of carbonyl (C=O) groups is 1. The third kappa shape index (κ3) is 6.31. The lowest BCUT2D eigenvalue weighted by atomic mass is 10.2. The van der Waals surface area contributed by atoms with E-state index in [9.17, 15) is 13.2 Å². The molecule has 0 spiro atoms. The van der Waals surface area contributed by atoms with Crippen LogP contribution in [0.3, 0.4) is 0 Å². The summed E-state index contributed by atoms with van der Waals surface area (Å²) in [6, 6.07) is 5.66. The predicted molar refractivity (Wildman–Crippen MR) is 114 cm³/mol. The van der Waals surface area contributed by atoms with Crippen LogP contribution in [0.1, 0.15) is 19.8 Å². The fraction of sp³-hybridized carbons (Fsp3) is 0.632. The van der Waals surface area contributed by atoms with Gasteiger partial charge in [-0.25, -0.2) is 13.4 Å². The summed E-state index contributed by atoms with van der Waals surface area (Å²) in [4.78, 5) is 25.6. The van der Waals surface area contributed by atoms with E-state index in [0.717, 1.165) is 44.5 Å². The molecule has 0 saturated carbocycles. The van der Waals surface area contributed by atoms with E-state index in [1.165, 1.54) is 0 Å². The fourth-order valence-electron chi connectivity index (χ4n) is 3.59. The highest BCUT2D eigenvalue weighted by atomic mass is 32.2. The molecule has 0 aliphatic carbocycles. The summed E-state index contributed by atoms with van der Waals surface area (Å²) in [6.07, 6.45) is 2.55. The van der Waals surface area contributed by atoms with Gasteiger partial charge in [0.25, 0.3) is 0 Å². The van der Waals surface area contributed by atoms with E-state index in [4.69, 9.17) is 0 Å². The lowest BCUT2D eigenvalue weighted by Crippen LogP contribution is -2.52. The van der Waals surface area contributed by atoms with Crippen molar-refractivity contribution >= 4 is 27.5 Å². The first-order valence-electron chi connectivity index (χ1n) is 10.2. The molecule has 3 heterocycles. The van der Waals surface area contributed by atoms with E-state index in [0.29, 0.717) is 13.0 Å². The van der Waals surface area contributed by atoms with E-state index in [-0.39, 0.29) is 29.9 Å². The Morgan fingerprint density at radius 3 is 2.69 bits per heavy atom. The third-order valence-corrected chi connectivity index (χ3v) is 6.85. The largest absolute Gasteiger partial charge is 0.357 e. The first-order valence-corrected chi connectivity index (χ1v) is 12.0. The minimum Gasteiger partial charge on any atom is -0.357 e. The van der Waals surface area contributed by atoms with Gasteiger partial charge in [-0.05, 0) is 25.5 Å². The van der Waals surface area contributed by atoms with E-state index in [2.05, 4.69) is 30.4 Å². The Labute approximate surface area is 172 Å². The van der Waals surface area contributed by atoms with Gasteiger partial charge < -0.3 is 20.4 Å². The number of sulfone groups is 1. The summed E-state index contributed by atoms with van der Waals surface area (Å²) in [5, 5.41) is 6.10. The van der Waals surface area contributed by atoms with Crippen LogP contribution in [0.5, 0.6) is 0 Å². The molecule has 2 aliphatic rings. The molecule has 2 saturated heterocycles. The summed E-state index contributed by atoms with van der Waals surface area (Å²) < 4.78 is 23.0. The number of hydrogen-bond donors (Lipinski definition) is 2. The molecule has 2 N–H and O–H groups in total. The molecule has 29 heavy (non-hydrogen) atoms. The topological polar surface area (TPSA) is 107 Å². The van der Waals surface area contributed by atoms with Crippen LogP contribution in [0, 0.1) is 0 Å². The second-order valence-electron chi connectivity index (χ2n) is 7.32. The number of nitrogens with zero attached hydrogens (tertiary/aromatic N) is 4. The van der Waals surface area contributed by atoms with Gasteiger partial charge in [-0.15, -0.1) is 0 Å². The first kappa shape index (κ1) is 21.4. The highest BCUT2D eigenvalue weighted by Crippen LogP contribution is 2.13. The fourth-order valence-corrected chi connectivity index (χ4v) is 5.26. The second kappa shape index (κ2) is 9.91. The summed E-state index contributed by atoms with van der Waals surface area (Å²) in [7, 11) is -2.99. The number of piperazine rings is 1. The lowest BCUT2D eigenvalue weighted by molar-refractivity contribution is -0.121. The summed E-state index contributed by atoms with van der Waals surface area (Å²) in [5.74, 6) is 1.85. The maximum Gasteiger partial charge on any atom is 0.222 e. The number of hydrogen-bond acceptors (Lipinski definition) is 6. The van der Waals surface area contributed by atoms with Gasteiger partial charge in [0.05, 0.1) is 18.1 Å². The number of carbonyl (C=O) groups excluding carboxylic acids is 1. The molecule has 0 bridgehead atoms. The number of nitrogens with one attached hydrogen (secondary N) is 2. The Bertz CT molecular complexity index is 806. The maximum atomic E-state index is 12.1. The molecule has 1 atom stereocenters. The first-order chi connectivity index (χ1) is 14.0. The number of guanidine groups is 1. The zero-order valence-corrected chi connectivity index (χ0v) is 17.7. The van der Waals surface area contributed by atoms with Crippen LogP contribution in [0.15, 0.2) is 29.4 Å². The summed E-state index contributed by atoms with van der Waals surface area (Å²) in [6.45, 7) is 6.52. The van der Waals surface area contributed by atoms with Crippen molar-refractivity contribution in [2.75, 3.05) is 55.7 Å². The van der Waals surface area contributed by atoms with Crippen molar-refractivity contribution in [3.05, 3.63) is 24.4 Å². The van der Waals surface area contributed by atoms with Crippen molar-refractivity contribution in [1.82, 2.24) is 20.5 Å². The highest BCUT2D eigenvalue weighted by Gasteiger charge is 2.28. The van der Waals surface area contributed by atoms with E-state index < -0.39 is 9.84 Å². The van der Waals surface area contributed by atoms with Gasteiger partial charge in [0.2, 0.25) is 5.91 Å². The Balaban J connectivity index is 1.46. The number of amides is 1. The van der Waals surface area contributed by atoms with Crippen LogP contribution in [-0.2, 0) is 14.6 Å². The molecule has 0 aromatic carbocycles. The molecule has 9 nitrogen and oxygen atoms in total. The molecular weight excluding hydrogens is 392 g/mol. The van der Waals surface area contributed by atoms with Gasteiger partial charge in [-0.2, -0.15) is 0 Å². The number of rotatable bonds is 6. The number of pyridine rings is 1. The standard InChI is InChI=1S/C19H30N6O3S/c1-2-20-19(22-9-6-18(26)23-16-7-14-29(27,28)15-16)25-12-10-24(11-13-25)17-5-3-4-8-21-17/h3-5,8,16H,2,6-7,9-15H2,1H3,(H,20,22)(H,23,26). The molecule has 1 aromatic heterocycles. The van der Waals surface area contributed by atoms with Gasteiger partial charge in [0.1, 0.15) is 5.82 Å². The molecule has 1 unspecified atom stereocenters. The Kier molecular flexibility index (Phi) is 7.29.